The lowest BCUT2D eigenvalue weighted by Gasteiger charge is -2.36. The molecule has 1 amide bonds. The van der Waals surface area contributed by atoms with Gasteiger partial charge in [0.25, 0.3) is 0 Å². The van der Waals surface area contributed by atoms with Crippen molar-refractivity contribution in [3.63, 3.8) is 0 Å². The Labute approximate surface area is 105 Å². The second-order valence-corrected chi connectivity index (χ2v) is 6.01. The highest BCUT2D eigenvalue weighted by atomic mass is 32.1. The van der Waals surface area contributed by atoms with Gasteiger partial charge in [-0.3, -0.25) is 4.79 Å². The van der Waals surface area contributed by atoms with Gasteiger partial charge in [-0.25, -0.2) is 4.98 Å². The number of piperidine rings is 1. The van der Waals surface area contributed by atoms with E-state index in [0.29, 0.717) is 13.0 Å². The molecule has 1 N–H and O–H groups in total. The van der Waals surface area contributed by atoms with Crippen molar-refractivity contribution in [3.8, 4) is 0 Å². The first kappa shape index (κ1) is 12.5. The highest BCUT2D eigenvalue weighted by molar-refractivity contribution is 7.09. The Hall–Kier alpha value is -0.940. The maximum Gasteiger partial charge on any atom is 0.228 e. The molecule has 1 aliphatic rings. The number of hydrogen-bond acceptors (Lipinski definition) is 4. The average molecular weight is 254 g/mol. The van der Waals surface area contributed by atoms with Crippen LogP contribution in [0.4, 0.5) is 0 Å². The van der Waals surface area contributed by atoms with Crippen LogP contribution in [-0.2, 0) is 11.2 Å². The number of carbonyl (C=O) groups excluding carboxylic acids is 1. The second-order valence-electron chi connectivity index (χ2n) is 4.95. The van der Waals surface area contributed by atoms with E-state index < -0.39 is 5.60 Å². The van der Waals surface area contributed by atoms with Crippen LogP contribution in [0.15, 0.2) is 5.38 Å². The van der Waals surface area contributed by atoms with E-state index in [2.05, 4.69) is 4.98 Å². The van der Waals surface area contributed by atoms with Crippen LogP contribution in [0, 0.1) is 6.92 Å². The molecule has 1 saturated heterocycles. The number of aromatic nitrogens is 1. The number of rotatable bonds is 2. The Morgan fingerprint density at radius 3 is 3.06 bits per heavy atom. The zero-order valence-corrected chi connectivity index (χ0v) is 11.1. The van der Waals surface area contributed by atoms with E-state index in [1.807, 2.05) is 12.3 Å². The van der Waals surface area contributed by atoms with Gasteiger partial charge in [0.2, 0.25) is 5.91 Å². The van der Waals surface area contributed by atoms with Gasteiger partial charge >= 0.3 is 0 Å². The van der Waals surface area contributed by atoms with Crippen LogP contribution in [0.25, 0.3) is 0 Å². The van der Waals surface area contributed by atoms with E-state index in [0.717, 1.165) is 30.1 Å². The Bertz CT molecular complexity index is 414. The van der Waals surface area contributed by atoms with E-state index in [-0.39, 0.29) is 5.91 Å². The number of likely N-dealkylation sites (tertiary alicyclic amines) is 1. The third kappa shape index (κ3) is 3.26. The summed E-state index contributed by atoms with van der Waals surface area (Å²) in [4.78, 5) is 18.1. The molecule has 0 aromatic carbocycles. The summed E-state index contributed by atoms with van der Waals surface area (Å²) in [6.07, 6.45) is 1.99. The predicted molar refractivity (Wildman–Crippen MR) is 67.0 cm³/mol. The first-order valence-electron chi connectivity index (χ1n) is 5.87. The molecule has 94 valence electrons. The van der Waals surface area contributed by atoms with Crippen LogP contribution in [0.3, 0.4) is 0 Å². The van der Waals surface area contributed by atoms with Crippen molar-refractivity contribution in [2.75, 3.05) is 13.1 Å². The number of hydrogen-bond donors (Lipinski definition) is 1. The van der Waals surface area contributed by atoms with Crippen molar-refractivity contribution in [1.29, 1.82) is 0 Å². The predicted octanol–water partition coefficient (Wildman–Crippen LogP) is 1.37. The lowest BCUT2D eigenvalue weighted by atomic mass is 9.95. The number of nitrogens with zero attached hydrogens (tertiary/aromatic N) is 2. The van der Waals surface area contributed by atoms with E-state index in [1.165, 1.54) is 0 Å². The Balaban J connectivity index is 1.96. The zero-order chi connectivity index (χ0) is 12.5. The van der Waals surface area contributed by atoms with Gasteiger partial charge in [-0.15, -0.1) is 11.3 Å². The van der Waals surface area contributed by atoms with Crippen molar-refractivity contribution in [2.24, 2.45) is 0 Å². The molecule has 1 atom stereocenters. The molecule has 1 fully saturated rings. The number of β-amino-alcohol motifs (C(OH)–C–C–N with tert-alkyl or cyclic N) is 1. The Morgan fingerprint density at radius 2 is 2.47 bits per heavy atom. The van der Waals surface area contributed by atoms with Crippen LogP contribution < -0.4 is 0 Å². The van der Waals surface area contributed by atoms with Gasteiger partial charge in [-0.05, 0) is 26.7 Å². The lowest BCUT2D eigenvalue weighted by Crippen LogP contribution is -2.49. The van der Waals surface area contributed by atoms with Crippen molar-refractivity contribution >= 4 is 17.2 Å². The zero-order valence-electron chi connectivity index (χ0n) is 10.3. The number of thiazole rings is 1. The molecule has 1 unspecified atom stereocenters. The largest absolute Gasteiger partial charge is 0.388 e. The third-order valence-corrected chi connectivity index (χ3v) is 3.85. The number of aryl methyl sites for hydroxylation is 1. The van der Waals surface area contributed by atoms with Crippen molar-refractivity contribution < 1.29 is 9.90 Å². The molecule has 1 aliphatic heterocycles. The summed E-state index contributed by atoms with van der Waals surface area (Å²) >= 11 is 1.56. The number of carbonyl (C=O) groups is 1. The highest BCUT2D eigenvalue weighted by Gasteiger charge is 2.30. The summed E-state index contributed by atoms with van der Waals surface area (Å²) in [6.45, 7) is 4.91. The quantitative estimate of drug-likeness (QED) is 0.867. The van der Waals surface area contributed by atoms with Crippen LogP contribution in [-0.4, -0.2) is 39.6 Å². The molecule has 2 rings (SSSR count). The monoisotopic (exact) mass is 254 g/mol. The van der Waals surface area contributed by atoms with E-state index in [1.54, 1.807) is 23.2 Å². The Kier molecular flexibility index (Phi) is 3.49. The molecular formula is C12H18N2O2S. The fourth-order valence-corrected chi connectivity index (χ4v) is 2.80. The lowest BCUT2D eigenvalue weighted by molar-refractivity contribution is -0.136. The van der Waals surface area contributed by atoms with E-state index in [4.69, 9.17) is 0 Å². The SMILES string of the molecule is Cc1nc(CC(=O)N2CCCC(C)(O)C2)cs1. The fraction of sp³-hybridized carbons (Fsp3) is 0.667. The van der Waals surface area contributed by atoms with Gasteiger partial charge in [0.15, 0.2) is 0 Å². The van der Waals surface area contributed by atoms with E-state index in [9.17, 15) is 9.90 Å². The van der Waals surface area contributed by atoms with Gasteiger partial charge in [0, 0.05) is 18.5 Å². The average Bonchev–Trinajstić information content (AvgIpc) is 2.62. The normalized spacial score (nSPS) is 25.0. The minimum atomic E-state index is -0.730. The molecule has 0 radical (unpaired) electrons. The summed E-state index contributed by atoms with van der Waals surface area (Å²) in [6, 6.07) is 0. The summed E-state index contributed by atoms with van der Waals surface area (Å²) in [7, 11) is 0. The topological polar surface area (TPSA) is 53.4 Å². The van der Waals surface area contributed by atoms with Gasteiger partial charge in [-0.1, -0.05) is 0 Å². The maximum absolute atomic E-state index is 12.0. The van der Waals surface area contributed by atoms with Gasteiger partial charge in [-0.2, -0.15) is 0 Å². The first-order chi connectivity index (χ1) is 7.96. The Morgan fingerprint density at radius 1 is 1.71 bits per heavy atom. The molecule has 4 nitrogen and oxygen atoms in total. The van der Waals surface area contributed by atoms with Crippen LogP contribution in [0.2, 0.25) is 0 Å². The molecule has 0 spiro atoms. The molecule has 1 aromatic rings. The first-order valence-corrected chi connectivity index (χ1v) is 6.75. The molecule has 0 aliphatic carbocycles. The summed E-state index contributed by atoms with van der Waals surface area (Å²) in [5.74, 6) is 0.0651. The number of amides is 1. The maximum atomic E-state index is 12.0. The van der Waals surface area contributed by atoms with Crippen LogP contribution in [0.5, 0.6) is 0 Å². The highest BCUT2D eigenvalue weighted by Crippen LogP contribution is 2.21. The summed E-state index contributed by atoms with van der Waals surface area (Å²) < 4.78 is 0. The van der Waals surface area contributed by atoms with Gasteiger partial charge in [0.05, 0.1) is 22.7 Å². The number of aliphatic hydroxyl groups is 1. The molecule has 1 aromatic heterocycles. The van der Waals surface area contributed by atoms with Crippen LogP contribution >= 0.6 is 11.3 Å². The third-order valence-electron chi connectivity index (χ3n) is 3.03. The standard InChI is InChI=1S/C12H18N2O2S/c1-9-13-10(7-17-9)6-11(15)14-5-3-4-12(2,16)8-14/h7,16H,3-6,8H2,1-2H3. The summed E-state index contributed by atoms with van der Waals surface area (Å²) in [5, 5.41) is 12.9. The van der Waals surface area contributed by atoms with Gasteiger partial charge < -0.3 is 10.0 Å². The van der Waals surface area contributed by atoms with Gasteiger partial charge in [0.1, 0.15) is 0 Å². The molecule has 17 heavy (non-hydrogen) atoms. The summed E-state index contributed by atoms with van der Waals surface area (Å²) in [5.41, 5.74) is 0.106. The second kappa shape index (κ2) is 4.74. The molecule has 0 saturated carbocycles. The molecule has 2 heterocycles. The molecule has 5 heteroatoms. The van der Waals surface area contributed by atoms with Crippen molar-refractivity contribution in [3.05, 3.63) is 16.1 Å². The van der Waals surface area contributed by atoms with Crippen LogP contribution in [0.1, 0.15) is 30.5 Å². The fourth-order valence-electron chi connectivity index (χ4n) is 2.19. The minimum absolute atomic E-state index is 0.0651. The van der Waals surface area contributed by atoms with Crippen molar-refractivity contribution in [2.45, 2.75) is 38.7 Å². The molecule has 0 bridgehead atoms. The smallest absolute Gasteiger partial charge is 0.228 e. The minimum Gasteiger partial charge on any atom is -0.388 e. The molecular weight excluding hydrogens is 236 g/mol. The van der Waals surface area contributed by atoms with Crippen molar-refractivity contribution in [1.82, 2.24) is 9.88 Å². The van der Waals surface area contributed by atoms with E-state index >= 15 is 0 Å².